The Labute approximate surface area is 81.3 Å². The molecule has 0 aliphatic heterocycles. The number of allylic oxidation sites excluding steroid dienone is 2. The van der Waals surface area contributed by atoms with Gasteiger partial charge in [-0.2, -0.15) is 0 Å². The molecule has 70 valence electrons. The fraction of sp³-hybridized carbons (Fsp3) is 0.818. The molecule has 1 rings (SSSR count). The van der Waals surface area contributed by atoms with Crippen LogP contribution in [0.3, 0.4) is 0 Å². The summed E-state index contributed by atoms with van der Waals surface area (Å²) in [6.07, 6.45) is 11.2. The van der Waals surface area contributed by atoms with Gasteiger partial charge in [0.2, 0.25) is 0 Å². The van der Waals surface area contributed by atoms with Gasteiger partial charge in [-0.25, -0.2) is 0 Å². The molecule has 0 saturated heterocycles. The maximum absolute atomic E-state index is 2.58. The standard InChI is InChI=1S/C8H13.3CH3.Sn/c1-2-4-6-8-7-5-3-1;;;;/h1H,2,4-8H2;3*1H3;. The third-order valence-corrected chi connectivity index (χ3v) is 9.55. The van der Waals surface area contributed by atoms with Crippen molar-refractivity contribution in [1.82, 2.24) is 0 Å². The van der Waals surface area contributed by atoms with Crippen molar-refractivity contribution in [2.75, 3.05) is 0 Å². The minimum atomic E-state index is -1.65. The predicted octanol–water partition coefficient (Wildman–Crippen LogP) is 4.14. The summed E-state index contributed by atoms with van der Waals surface area (Å²) < 4.78 is 1.89. The summed E-state index contributed by atoms with van der Waals surface area (Å²) in [4.78, 5) is 7.63. The van der Waals surface area contributed by atoms with Gasteiger partial charge in [-0.05, 0) is 0 Å². The van der Waals surface area contributed by atoms with E-state index in [0.29, 0.717) is 0 Å². The van der Waals surface area contributed by atoms with Crippen LogP contribution in [0.25, 0.3) is 0 Å². The van der Waals surface area contributed by atoms with Gasteiger partial charge in [0.1, 0.15) is 0 Å². The second kappa shape index (κ2) is 4.69. The Morgan fingerprint density at radius 2 is 1.67 bits per heavy atom. The second-order valence-electron chi connectivity index (χ2n) is 4.93. The zero-order valence-electron chi connectivity index (χ0n) is 8.82. The molecule has 0 radical (unpaired) electrons. The van der Waals surface area contributed by atoms with Crippen LogP contribution in [0, 0.1) is 0 Å². The molecule has 0 aromatic heterocycles. The van der Waals surface area contributed by atoms with E-state index in [1.807, 2.05) is 3.59 Å². The summed E-state index contributed by atoms with van der Waals surface area (Å²) in [6.45, 7) is 0. The Hall–Kier alpha value is 0.539. The molecule has 0 fully saturated rings. The molecule has 1 aliphatic carbocycles. The molecule has 0 N–H and O–H groups in total. The summed E-state index contributed by atoms with van der Waals surface area (Å²) in [7, 11) is 0. The van der Waals surface area contributed by atoms with Crippen LogP contribution >= 0.6 is 0 Å². The summed E-state index contributed by atoms with van der Waals surface area (Å²) in [5.74, 6) is 0. The average molecular weight is 273 g/mol. The van der Waals surface area contributed by atoms with E-state index in [1.165, 1.54) is 38.5 Å². The molecular formula is C11H22Sn. The van der Waals surface area contributed by atoms with Gasteiger partial charge in [-0.3, -0.25) is 0 Å². The van der Waals surface area contributed by atoms with Crippen molar-refractivity contribution in [2.24, 2.45) is 0 Å². The Kier molecular flexibility index (Phi) is 4.15. The maximum atomic E-state index is 2.58. The second-order valence-corrected chi connectivity index (χ2v) is 19.6. The van der Waals surface area contributed by atoms with Gasteiger partial charge in [0.25, 0.3) is 0 Å². The van der Waals surface area contributed by atoms with Crippen LogP contribution in [-0.2, 0) is 0 Å². The van der Waals surface area contributed by atoms with Crippen LogP contribution in [0.5, 0.6) is 0 Å². The summed E-state index contributed by atoms with van der Waals surface area (Å²) in [6, 6.07) is 0. The third-order valence-electron chi connectivity index (χ3n) is 2.75. The Bertz CT molecular complexity index is 162. The van der Waals surface area contributed by atoms with E-state index in [4.69, 9.17) is 0 Å². The zero-order chi connectivity index (χ0) is 9.03. The van der Waals surface area contributed by atoms with Crippen LogP contribution in [-0.4, -0.2) is 18.4 Å². The van der Waals surface area contributed by atoms with E-state index in [0.717, 1.165) is 0 Å². The summed E-state index contributed by atoms with van der Waals surface area (Å²) >= 11 is -1.65. The number of rotatable bonds is 1. The molecule has 1 aliphatic rings. The fourth-order valence-corrected chi connectivity index (χ4v) is 6.68. The SMILES string of the molecule is [CH3][Sn]([CH3])([CH3])/[C]1=C/CCCCCC1. The molecule has 0 aromatic rings. The molecule has 0 amide bonds. The predicted molar refractivity (Wildman–Crippen MR) is 59.1 cm³/mol. The molecule has 0 unspecified atom stereocenters. The first-order valence-electron chi connectivity index (χ1n) is 5.30. The molecule has 0 nitrogen and oxygen atoms in total. The number of hydrogen-bond acceptors (Lipinski definition) is 0. The average Bonchev–Trinajstić information content (AvgIpc) is 1.81. The van der Waals surface area contributed by atoms with Crippen molar-refractivity contribution < 1.29 is 0 Å². The van der Waals surface area contributed by atoms with Crippen LogP contribution in [0.2, 0.25) is 14.8 Å². The number of hydrogen-bond donors (Lipinski definition) is 0. The molecule has 0 aromatic carbocycles. The van der Waals surface area contributed by atoms with Crippen molar-refractivity contribution in [3.8, 4) is 0 Å². The van der Waals surface area contributed by atoms with E-state index < -0.39 is 18.4 Å². The van der Waals surface area contributed by atoms with Crippen molar-refractivity contribution in [3.63, 3.8) is 0 Å². The van der Waals surface area contributed by atoms with E-state index in [1.54, 1.807) is 0 Å². The Balaban J connectivity index is 2.59. The van der Waals surface area contributed by atoms with Gasteiger partial charge in [0.05, 0.1) is 0 Å². The normalized spacial score (nSPS) is 25.4. The van der Waals surface area contributed by atoms with E-state index in [9.17, 15) is 0 Å². The fourth-order valence-electron chi connectivity index (χ4n) is 1.87. The Morgan fingerprint density at radius 3 is 2.33 bits per heavy atom. The van der Waals surface area contributed by atoms with Crippen LogP contribution in [0.15, 0.2) is 9.67 Å². The van der Waals surface area contributed by atoms with E-state index in [2.05, 4.69) is 20.9 Å². The van der Waals surface area contributed by atoms with Gasteiger partial charge in [0, 0.05) is 0 Å². The van der Waals surface area contributed by atoms with Crippen LogP contribution in [0.1, 0.15) is 38.5 Å². The monoisotopic (exact) mass is 274 g/mol. The van der Waals surface area contributed by atoms with Crippen molar-refractivity contribution >= 4 is 18.4 Å². The van der Waals surface area contributed by atoms with E-state index in [-0.39, 0.29) is 0 Å². The molecular weight excluding hydrogens is 251 g/mol. The van der Waals surface area contributed by atoms with Crippen LogP contribution in [0.4, 0.5) is 0 Å². The summed E-state index contributed by atoms with van der Waals surface area (Å²) in [5.41, 5.74) is 0. The first kappa shape index (κ1) is 10.6. The quantitative estimate of drug-likeness (QED) is 0.630. The molecule has 0 heterocycles. The van der Waals surface area contributed by atoms with Crippen molar-refractivity contribution in [3.05, 3.63) is 9.67 Å². The topological polar surface area (TPSA) is 0 Å². The van der Waals surface area contributed by atoms with Gasteiger partial charge < -0.3 is 0 Å². The van der Waals surface area contributed by atoms with Gasteiger partial charge in [-0.15, -0.1) is 0 Å². The minimum absolute atomic E-state index is 1.36. The molecule has 0 bridgehead atoms. The molecule has 0 atom stereocenters. The van der Waals surface area contributed by atoms with E-state index >= 15 is 0 Å². The van der Waals surface area contributed by atoms with Crippen molar-refractivity contribution in [1.29, 1.82) is 0 Å². The molecule has 12 heavy (non-hydrogen) atoms. The zero-order valence-corrected chi connectivity index (χ0v) is 11.7. The van der Waals surface area contributed by atoms with Gasteiger partial charge >= 0.3 is 81.4 Å². The first-order chi connectivity index (χ1) is 5.61. The third kappa shape index (κ3) is 3.51. The van der Waals surface area contributed by atoms with Gasteiger partial charge in [-0.1, -0.05) is 0 Å². The molecule has 0 saturated carbocycles. The first-order valence-corrected chi connectivity index (χ1v) is 15.3. The molecule has 1 heteroatoms. The van der Waals surface area contributed by atoms with Gasteiger partial charge in [0.15, 0.2) is 0 Å². The summed E-state index contributed by atoms with van der Waals surface area (Å²) in [5, 5.41) is 0. The molecule has 0 spiro atoms. The van der Waals surface area contributed by atoms with Crippen LogP contribution < -0.4 is 0 Å². The van der Waals surface area contributed by atoms with Crippen molar-refractivity contribution in [2.45, 2.75) is 53.3 Å². The Morgan fingerprint density at radius 1 is 1.00 bits per heavy atom.